The smallest absolute Gasteiger partial charge is 0.194 e. The van der Waals surface area contributed by atoms with E-state index in [1.54, 1.807) is 0 Å². The van der Waals surface area contributed by atoms with Crippen molar-refractivity contribution in [3.63, 3.8) is 0 Å². The summed E-state index contributed by atoms with van der Waals surface area (Å²) in [7, 11) is 0. The van der Waals surface area contributed by atoms with Crippen molar-refractivity contribution in [2.45, 2.75) is 52.1 Å². The van der Waals surface area contributed by atoms with Gasteiger partial charge in [-0.2, -0.15) is 0 Å². The van der Waals surface area contributed by atoms with Crippen LogP contribution in [-0.4, -0.2) is 61.0 Å². The van der Waals surface area contributed by atoms with Crippen LogP contribution >= 0.6 is 0 Å². The largest absolute Gasteiger partial charge is 0.388 e. The van der Waals surface area contributed by atoms with Gasteiger partial charge >= 0.3 is 0 Å². The number of nitrogens with one attached hydrogen (secondary N) is 1. The topological polar surface area (TPSA) is 57.1 Å². The van der Waals surface area contributed by atoms with Gasteiger partial charge in [0.2, 0.25) is 0 Å². The van der Waals surface area contributed by atoms with Gasteiger partial charge in [-0.15, -0.1) is 0 Å². The molecular weight excluding hydrogens is 266 g/mol. The Morgan fingerprint density at radius 3 is 2.67 bits per heavy atom. The number of guanidine groups is 1. The Morgan fingerprint density at radius 1 is 1.33 bits per heavy atom. The summed E-state index contributed by atoms with van der Waals surface area (Å²) in [4.78, 5) is 7.04. The SMILES string of the molecule is CCNC(=NCC(O)(CC)CC)N1CCC2(CCOC2)C1. The number of likely N-dealkylation sites (tertiary alicyclic amines) is 1. The average Bonchev–Trinajstić information content (AvgIpc) is 3.14. The third-order valence-electron chi connectivity index (χ3n) is 5.10. The quantitative estimate of drug-likeness (QED) is 0.598. The summed E-state index contributed by atoms with van der Waals surface area (Å²) >= 11 is 0. The van der Waals surface area contributed by atoms with Gasteiger partial charge in [0.25, 0.3) is 0 Å². The standard InChI is InChI=1S/C16H31N3O2/c1-4-16(20,5-2)11-18-14(17-6-3)19-9-7-15(12-19)8-10-21-13-15/h20H,4-13H2,1-3H3,(H,17,18). The van der Waals surface area contributed by atoms with Gasteiger partial charge in [0, 0.05) is 31.7 Å². The first kappa shape index (κ1) is 16.6. The Labute approximate surface area is 128 Å². The second kappa shape index (κ2) is 6.97. The molecule has 122 valence electrons. The van der Waals surface area contributed by atoms with Gasteiger partial charge in [-0.25, -0.2) is 0 Å². The second-order valence-electron chi connectivity index (χ2n) is 6.58. The third kappa shape index (κ3) is 3.89. The monoisotopic (exact) mass is 297 g/mol. The number of hydrogen-bond donors (Lipinski definition) is 2. The highest BCUT2D eigenvalue weighted by Crippen LogP contribution is 2.38. The molecule has 0 aromatic rings. The molecule has 1 atom stereocenters. The molecule has 2 heterocycles. The molecule has 21 heavy (non-hydrogen) atoms. The number of hydrogen-bond acceptors (Lipinski definition) is 3. The van der Waals surface area contributed by atoms with Crippen LogP contribution in [0.4, 0.5) is 0 Å². The molecule has 5 heteroatoms. The lowest BCUT2D eigenvalue weighted by Gasteiger charge is -2.27. The molecule has 2 fully saturated rings. The predicted molar refractivity (Wildman–Crippen MR) is 85.6 cm³/mol. The van der Waals surface area contributed by atoms with Crippen molar-refractivity contribution in [1.29, 1.82) is 0 Å². The summed E-state index contributed by atoms with van der Waals surface area (Å²) in [5.74, 6) is 0.946. The minimum atomic E-state index is -0.672. The van der Waals surface area contributed by atoms with Gasteiger partial charge in [0.15, 0.2) is 5.96 Å². The molecule has 2 aliphatic rings. The summed E-state index contributed by atoms with van der Waals surface area (Å²) in [5.41, 5.74) is -0.337. The second-order valence-corrected chi connectivity index (χ2v) is 6.58. The van der Waals surface area contributed by atoms with Crippen LogP contribution in [0.3, 0.4) is 0 Å². The molecule has 2 rings (SSSR count). The maximum Gasteiger partial charge on any atom is 0.194 e. The summed E-state index contributed by atoms with van der Waals surface area (Å²) in [6.07, 6.45) is 3.83. The molecule has 0 amide bonds. The van der Waals surface area contributed by atoms with E-state index in [0.717, 1.165) is 58.1 Å². The van der Waals surface area contributed by atoms with Crippen molar-refractivity contribution in [1.82, 2.24) is 10.2 Å². The third-order valence-corrected chi connectivity index (χ3v) is 5.10. The van der Waals surface area contributed by atoms with Crippen LogP contribution < -0.4 is 5.32 Å². The molecule has 0 saturated carbocycles. The number of ether oxygens (including phenoxy) is 1. The zero-order valence-electron chi connectivity index (χ0n) is 13.8. The minimum Gasteiger partial charge on any atom is -0.388 e. The van der Waals surface area contributed by atoms with Crippen LogP contribution in [-0.2, 0) is 4.74 Å². The van der Waals surface area contributed by atoms with Gasteiger partial charge in [-0.3, -0.25) is 4.99 Å². The van der Waals surface area contributed by atoms with E-state index in [-0.39, 0.29) is 0 Å². The lowest BCUT2D eigenvalue weighted by molar-refractivity contribution is 0.0416. The molecule has 2 N–H and O–H groups in total. The van der Waals surface area contributed by atoms with Gasteiger partial charge in [-0.1, -0.05) is 13.8 Å². The van der Waals surface area contributed by atoms with Crippen molar-refractivity contribution in [3.8, 4) is 0 Å². The lowest BCUT2D eigenvalue weighted by Crippen LogP contribution is -2.43. The van der Waals surface area contributed by atoms with Crippen LogP contribution in [0.1, 0.15) is 46.5 Å². The molecule has 0 aliphatic carbocycles. The Bertz CT molecular complexity index is 361. The Balaban J connectivity index is 2.01. The first-order valence-electron chi connectivity index (χ1n) is 8.40. The molecule has 2 aliphatic heterocycles. The van der Waals surface area contributed by atoms with Crippen molar-refractivity contribution in [2.75, 3.05) is 39.4 Å². The highest BCUT2D eigenvalue weighted by atomic mass is 16.5. The number of aliphatic imine (C=N–C) groups is 1. The van der Waals surface area contributed by atoms with Gasteiger partial charge < -0.3 is 20.1 Å². The number of rotatable bonds is 5. The van der Waals surface area contributed by atoms with E-state index in [2.05, 4.69) is 17.1 Å². The molecule has 5 nitrogen and oxygen atoms in total. The lowest BCUT2D eigenvalue weighted by atomic mass is 9.87. The normalized spacial score (nSPS) is 26.9. The number of aliphatic hydroxyl groups is 1. The molecule has 0 radical (unpaired) electrons. The first-order valence-corrected chi connectivity index (χ1v) is 8.40. The van der Waals surface area contributed by atoms with E-state index in [0.29, 0.717) is 12.0 Å². The van der Waals surface area contributed by atoms with Crippen molar-refractivity contribution in [3.05, 3.63) is 0 Å². The van der Waals surface area contributed by atoms with Gasteiger partial charge in [-0.05, 0) is 32.6 Å². The molecule has 1 unspecified atom stereocenters. The fourth-order valence-electron chi connectivity index (χ4n) is 3.21. The van der Waals surface area contributed by atoms with E-state index < -0.39 is 5.60 Å². The molecule has 2 saturated heterocycles. The highest BCUT2D eigenvalue weighted by Gasteiger charge is 2.42. The zero-order chi connectivity index (χ0) is 15.3. The van der Waals surface area contributed by atoms with Crippen molar-refractivity contribution in [2.24, 2.45) is 10.4 Å². The Kier molecular flexibility index (Phi) is 5.49. The van der Waals surface area contributed by atoms with Crippen molar-refractivity contribution < 1.29 is 9.84 Å². The maximum absolute atomic E-state index is 10.4. The highest BCUT2D eigenvalue weighted by molar-refractivity contribution is 5.80. The van der Waals surface area contributed by atoms with Crippen LogP contribution in [0.2, 0.25) is 0 Å². The van der Waals surface area contributed by atoms with Crippen LogP contribution in [0.15, 0.2) is 4.99 Å². The number of nitrogens with zero attached hydrogens (tertiary/aromatic N) is 2. The van der Waals surface area contributed by atoms with E-state index in [1.165, 1.54) is 6.42 Å². The van der Waals surface area contributed by atoms with Gasteiger partial charge in [0.1, 0.15) is 0 Å². The van der Waals surface area contributed by atoms with Gasteiger partial charge in [0.05, 0.1) is 18.8 Å². The summed E-state index contributed by atoms with van der Waals surface area (Å²) in [5, 5.41) is 13.8. The molecule has 0 aromatic heterocycles. The summed E-state index contributed by atoms with van der Waals surface area (Å²) in [6.45, 7) is 11.3. The van der Waals surface area contributed by atoms with Crippen LogP contribution in [0.5, 0.6) is 0 Å². The van der Waals surface area contributed by atoms with Crippen LogP contribution in [0.25, 0.3) is 0 Å². The molecule has 0 aromatic carbocycles. The Morgan fingerprint density at radius 2 is 2.10 bits per heavy atom. The predicted octanol–water partition coefficient (Wildman–Crippen LogP) is 1.62. The summed E-state index contributed by atoms with van der Waals surface area (Å²) in [6, 6.07) is 0. The average molecular weight is 297 g/mol. The van der Waals surface area contributed by atoms with E-state index >= 15 is 0 Å². The van der Waals surface area contributed by atoms with Crippen molar-refractivity contribution >= 4 is 5.96 Å². The molecule has 1 spiro atoms. The fourth-order valence-corrected chi connectivity index (χ4v) is 3.21. The molecule has 0 bridgehead atoms. The van der Waals surface area contributed by atoms with Crippen LogP contribution in [0, 0.1) is 5.41 Å². The zero-order valence-corrected chi connectivity index (χ0v) is 13.8. The summed E-state index contributed by atoms with van der Waals surface area (Å²) < 4.78 is 5.59. The fraction of sp³-hybridized carbons (Fsp3) is 0.938. The van der Waals surface area contributed by atoms with E-state index in [4.69, 9.17) is 9.73 Å². The van der Waals surface area contributed by atoms with E-state index in [9.17, 15) is 5.11 Å². The molecular formula is C16H31N3O2. The minimum absolute atomic E-state index is 0.335. The Hall–Kier alpha value is -0.810. The van der Waals surface area contributed by atoms with E-state index in [1.807, 2.05) is 13.8 Å². The maximum atomic E-state index is 10.4. The first-order chi connectivity index (χ1) is 10.1.